The first kappa shape index (κ1) is 17.2. The first-order chi connectivity index (χ1) is 11.6. The van der Waals surface area contributed by atoms with E-state index in [2.05, 4.69) is 20.1 Å². The Bertz CT molecular complexity index is 970. The predicted molar refractivity (Wildman–Crippen MR) is 95.3 cm³/mol. The highest BCUT2D eigenvalue weighted by molar-refractivity contribution is 7.89. The van der Waals surface area contributed by atoms with Crippen molar-refractivity contribution in [1.29, 1.82) is 0 Å². The van der Waals surface area contributed by atoms with E-state index in [1.807, 2.05) is 20.8 Å². The van der Waals surface area contributed by atoms with E-state index in [4.69, 9.17) is 10.9 Å². The van der Waals surface area contributed by atoms with Gasteiger partial charge in [0.25, 0.3) is 5.95 Å². The molecule has 10 heteroatoms. The summed E-state index contributed by atoms with van der Waals surface area (Å²) in [5, 5.41) is 11.4. The Kier molecular flexibility index (Phi) is 3.96. The number of benzene rings is 1. The van der Waals surface area contributed by atoms with E-state index >= 15 is 0 Å². The van der Waals surface area contributed by atoms with Gasteiger partial charge in [0, 0.05) is 17.7 Å². The second-order valence-electron chi connectivity index (χ2n) is 6.49. The number of sulfonamides is 1. The molecule has 0 aliphatic carbocycles. The summed E-state index contributed by atoms with van der Waals surface area (Å²) in [5.74, 6) is 0.357. The van der Waals surface area contributed by atoms with Crippen LogP contribution in [0.2, 0.25) is 0 Å². The van der Waals surface area contributed by atoms with Crippen LogP contribution in [-0.2, 0) is 10.0 Å². The van der Waals surface area contributed by atoms with Crippen molar-refractivity contribution in [3.05, 3.63) is 24.3 Å². The van der Waals surface area contributed by atoms with Crippen molar-refractivity contribution in [2.24, 2.45) is 10.2 Å². The van der Waals surface area contributed by atoms with Crippen molar-refractivity contribution in [1.82, 2.24) is 15.0 Å². The van der Waals surface area contributed by atoms with Crippen LogP contribution in [0.1, 0.15) is 27.2 Å². The van der Waals surface area contributed by atoms with Gasteiger partial charge in [-0.25, -0.2) is 18.6 Å². The molecule has 1 aliphatic rings. The number of hydrogen-bond acceptors (Lipinski definition) is 8. The van der Waals surface area contributed by atoms with Crippen molar-refractivity contribution < 1.29 is 8.42 Å². The molecule has 3 rings (SSSR count). The summed E-state index contributed by atoms with van der Waals surface area (Å²) in [6, 6.07) is 6.21. The van der Waals surface area contributed by atoms with Gasteiger partial charge >= 0.3 is 0 Å². The summed E-state index contributed by atoms with van der Waals surface area (Å²) in [5.41, 5.74) is 6.71. The SMILES string of the molecule is CC1=NN(c2nc(N)nc(-c3ccccc3S(N)(=O)=O)n2)C(C)(C)C1. The van der Waals surface area contributed by atoms with Gasteiger partial charge in [-0.05, 0) is 32.9 Å². The van der Waals surface area contributed by atoms with Crippen molar-refractivity contribution in [3.63, 3.8) is 0 Å². The summed E-state index contributed by atoms with van der Waals surface area (Å²) >= 11 is 0. The molecule has 1 aromatic heterocycles. The molecule has 2 heterocycles. The number of nitrogens with two attached hydrogens (primary N) is 2. The molecule has 2 aromatic rings. The standard InChI is InChI=1S/C15H19N7O2S/c1-9-8-15(2,3)22(21-9)14-19-12(18-13(16)20-14)10-6-4-5-7-11(10)25(17,23)24/h4-7H,8H2,1-3H3,(H2,17,23,24)(H2,16,18,19,20). The van der Waals surface area contributed by atoms with E-state index in [9.17, 15) is 8.42 Å². The minimum absolute atomic E-state index is 0.0280. The molecule has 0 saturated heterocycles. The van der Waals surface area contributed by atoms with Crippen molar-refractivity contribution in [3.8, 4) is 11.4 Å². The Morgan fingerprint density at radius 3 is 2.44 bits per heavy atom. The van der Waals surface area contributed by atoms with Crippen LogP contribution in [-0.4, -0.2) is 34.6 Å². The van der Waals surface area contributed by atoms with E-state index < -0.39 is 10.0 Å². The van der Waals surface area contributed by atoms with Crippen LogP contribution in [0.15, 0.2) is 34.3 Å². The summed E-state index contributed by atoms with van der Waals surface area (Å²) in [6.07, 6.45) is 0.752. The maximum atomic E-state index is 11.8. The van der Waals surface area contributed by atoms with Crippen molar-refractivity contribution >= 4 is 27.6 Å². The molecular weight excluding hydrogens is 342 g/mol. The first-order valence-corrected chi connectivity index (χ1v) is 9.11. The van der Waals surface area contributed by atoms with E-state index in [1.54, 1.807) is 23.2 Å². The normalized spacial score (nSPS) is 16.8. The summed E-state index contributed by atoms with van der Waals surface area (Å²) in [4.78, 5) is 12.5. The highest BCUT2D eigenvalue weighted by Crippen LogP contribution is 2.32. The summed E-state index contributed by atoms with van der Waals surface area (Å²) in [7, 11) is -3.94. The Morgan fingerprint density at radius 1 is 1.16 bits per heavy atom. The largest absolute Gasteiger partial charge is 0.368 e. The third kappa shape index (κ3) is 3.30. The summed E-state index contributed by atoms with van der Waals surface area (Å²) < 4.78 is 23.7. The fourth-order valence-corrected chi connectivity index (χ4v) is 3.59. The molecule has 1 aromatic carbocycles. The van der Waals surface area contributed by atoms with Crippen LogP contribution >= 0.6 is 0 Å². The monoisotopic (exact) mass is 361 g/mol. The molecule has 4 N–H and O–H groups in total. The number of hydrazone groups is 1. The van der Waals surface area contributed by atoms with E-state index in [1.165, 1.54) is 6.07 Å². The first-order valence-electron chi connectivity index (χ1n) is 7.56. The molecule has 132 valence electrons. The van der Waals surface area contributed by atoms with Crippen LogP contribution in [0, 0.1) is 0 Å². The second-order valence-corrected chi connectivity index (χ2v) is 8.02. The molecular formula is C15H19N7O2S. The van der Waals surface area contributed by atoms with Gasteiger partial charge in [-0.2, -0.15) is 20.1 Å². The zero-order chi connectivity index (χ0) is 18.4. The Hall–Kier alpha value is -2.59. The zero-order valence-corrected chi connectivity index (χ0v) is 14.9. The molecule has 0 fully saturated rings. The van der Waals surface area contributed by atoms with Crippen LogP contribution in [0.3, 0.4) is 0 Å². The molecule has 0 radical (unpaired) electrons. The Labute approximate surface area is 145 Å². The quantitative estimate of drug-likeness (QED) is 0.835. The minimum atomic E-state index is -3.94. The maximum Gasteiger partial charge on any atom is 0.252 e. The topological polar surface area (TPSA) is 140 Å². The lowest BCUT2D eigenvalue weighted by Crippen LogP contribution is -2.37. The molecule has 0 amide bonds. The van der Waals surface area contributed by atoms with Crippen LogP contribution < -0.4 is 15.9 Å². The maximum absolute atomic E-state index is 11.8. The number of aromatic nitrogens is 3. The highest BCUT2D eigenvalue weighted by atomic mass is 32.2. The summed E-state index contributed by atoms with van der Waals surface area (Å²) in [6.45, 7) is 5.93. The van der Waals surface area contributed by atoms with Crippen LogP contribution in [0.25, 0.3) is 11.4 Å². The second kappa shape index (κ2) is 5.74. The molecule has 0 atom stereocenters. The van der Waals surface area contributed by atoms with Crippen molar-refractivity contribution in [2.45, 2.75) is 37.6 Å². The average molecular weight is 361 g/mol. The lowest BCUT2D eigenvalue weighted by atomic mass is 9.99. The van der Waals surface area contributed by atoms with E-state index in [0.717, 1.165) is 12.1 Å². The Morgan fingerprint density at radius 2 is 1.84 bits per heavy atom. The third-order valence-corrected chi connectivity index (χ3v) is 4.77. The lowest BCUT2D eigenvalue weighted by molar-refractivity contribution is 0.506. The predicted octanol–water partition coefficient (Wildman–Crippen LogP) is 1.13. The zero-order valence-electron chi connectivity index (χ0n) is 14.1. The van der Waals surface area contributed by atoms with Crippen LogP contribution in [0.4, 0.5) is 11.9 Å². The average Bonchev–Trinajstić information content (AvgIpc) is 2.78. The molecule has 1 aliphatic heterocycles. The molecule has 0 unspecified atom stereocenters. The van der Waals surface area contributed by atoms with Gasteiger partial charge < -0.3 is 5.73 Å². The van der Waals surface area contributed by atoms with Crippen molar-refractivity contribution in [2.75, 3.05) is 10.7 Å². The van der Waals surface area contributed by atoms with Gasteiger partial charge in [-0.15, -0.1) is 0 Å². The van der Waals surface area contributed by atoms with Gasteiger partial charge in [0.15, 0.2) is 5.82 Å². The molecule has 0 bridgehead atoms. The smallest absolute Gasteiger partial charge is 0.252 e. The number of nitrogen functional groups attached to an aromatic ring is 1. The van der Waals surface area contributed by atoms with Gasteiger partial charge in [-0.3, -0.25) is 0 Å². The van der Waals surface area contributed by atoms with E-state index in [0.29, 0.717) is 0 Å². The van der Waals surface area contributed by atoms with Gasteiger partial charge in [-0.1, -0.05) is 12.1 Å². The number of primary sulfonamides is 1. The van der Waals surface area contributed by atoms with E-state index in [-0.39, 0.29) is 33.7 Å². The molecule has 25 heavy (non-hydrogen) atoms. The Balaban J connectivity index is 2.17. The number of anilines is 2. The highest BCUT2D eigenvalue weighted by Gasteiger charge is 2.35. The van der Waals surface area contributed by atoms with Gasteiger partial charge in [0.1, 0.15) is 0 Å². The third-order valence-electron chi connectivity index (χ3n) is 3.80. The minimum Gasteiger partial charge on any atom is -0.368 e. The lowest BCUT2D eigenvalue weighted by Gasteiger charge is -2.28. The number of nitrogens with zero attached hydrogens (tertiary/aromatic N) is 5. The van der Waals surface area contributed by atoms with Gasteiger partial charge in [0.2, 0.25) is 16.0 Å². The molecule has 0 saturated carbocycles. The number of rotatable bonds is 3. The molecule has 0 spiro atoms. The van der Waals surface area contributed by atoms with Gasteiger partial charge in [0.05, 0.1) is 10.4 Å². The molecule has 9 nitrogen and oxygen atoms in total. The fourth-order valence-electron chi connectivity index (χ4n) is 2.85. The van der Waals surface area contributed by atoms with Crippen LogP contribution in [0.5, 0.6) is 0 Å². The fraction of sp³-hybridized carbons (Fsp3) is 0.333. The number of hydrogen-bond donors (Lipinski definition) is 2.